The van der Waals surface area contributed by atoms with Crippen molar-refractivity contribution in [2.24, 2.45) is 0 Å². The normalized spacial score (nSPS) is 11.5. The summed E-state index contributed by atoms with van der Waals surface area (Å²) in [4.78, 5) is 3.76. The summed E-state index contributed by atoms with van der Waals surface area (Å²) in [6.45, 7) is 0. The van der Waals surface area contributed by atoms with E-state index in [1.165, 1.54) is 36.5 Å². The van der Waals surface area contributed by atoms with Crippen LogP contribution in [0.3, 0.4) is 0 Å². The van der Waals surface area contributed by atoms with Crippen LogP contribution in [-0.4, -0.2) is 4.98 Å². The van der Waals surface area contributed by atoms with E-state index in [-0.39, 0.29) is 16.3 Å². The Morgan fingerprint density at radius 2 is 1.82 bits per heavy atom. The number of rotatable bonds is 1. The van der Waals surface area contributed by atoms with Gasteiger partial charge in [0.05, 0.1) is 5.56 Å². The van der Waals surface area contributed by atoms with Crippen LogP contribution in [0.4, 0.5) is 13.2 Å². The Kier molecular flexibility index (Phi) is 3.07. The van der Waals surface area contributed by atoms with E-state index in [4.69, 9.17) is 11.6 Å². The number of nitrogens with zero attached hydrogens (tertiary/aromatic N) is 1. The lowest BCUT2D eigenvalue weighted by Gasteiger charge is -2.12. The molecule has 0 N–H and O–H groups in total. The van der Waals surface area contributed by atoms with Crippen LogP contribution >= 0.6 is 11.6 Å². The summed E-state index contributed by atoms with van der Waals surface area (Å²) in [7, 11) is 0. The van der Waals surface area contributed by atoms with Crippen molar-refractivity contribution in [3.05, 3.63) is 53.3 Å². The van der Waals surface area contributed by atoms with Crippen LogP contribution in [0.2, 0.25) is 5.15 Å². The zero-order valence-corrected chi connectivity index (χ0v) is 9.18. The Balaban J connectivity index is 2.65. The maximum Gasteiger partial charge on any atom is 0.417 e. The number of benzene rings is 1. The van der Waals surface area contributed by atoms with Gasteiger partial charge in [-0.25, -0.2) is 4.98 Å². The van der Waals surface area contributed by atoms with Gasteiger partial charge in [-0.1, -0.05) is 29.8 Å². The SMILES string of the molecule is FC(F)(F)c1[c]cccc1-c1cccnc1Cl. The Morgan fingerprint density at radius 3 is 2.47 bits per heavy atom. The standard InChI is InChI=1S/C12H6ClF3N/c13-11-9(5-3-7-17-11)8-4-1-2-6-10(8)12(14,15)16/h1-5,7H. The third-order valence-electron chi connectivity index (χ3n) is 2.19. The molecule has 0 saturated carbocycles. The lowest BCUT2D eigenvalue weighted by atomic mass is 10.0. The molecule has 0 atom stereocenters. The summed E-state index contributed by atoms with van der Waals surface area (Å²) in [6, 6.07) is 9.27. The molecule has 0 amide bonds. The molecule has 17 heavy (non-hydrogen) atoms. The van der Waals surface area contributed by atoms with Gasteiger partial charge in [0.25, 0.3) is 0 Å². The van der Waals surface area contributed by atoms with Crippen molar-refractivity contribution in [3.8, 4) is 11.1 Å². The van der Waals surface area contributed by atoms with Gasteiger partial charge in [0.2, 0.25) is 0 Å². The third-order valence-corrected chi connectivity index (χ3v) is 2.49. The minimum Gasteiger partial charge on any atom is -0.244 e. The molecule has 2 rings (SSSR count). The van der Waals surface area contributed by atoms with Crippen LogP contribution in [0.5, 0.6) is 0 Å². The molecule has 87 valence electrons. The van der Waals surface area contributed by atoms with Crippen LogP contribution in [-0.2, 0) is 6.18 Å². The fourth-order valence-electron chi connectivity index (χ4n) is 1.48. The summed E-state index contributed by atoms with van der Waals surface area (Å²) >= 11 is 5.79. The highest BCUT2D eigenvalue weighted by atomic mass is 35.5. The van der Waals surface area contributed by atoms with Gasteiger partial charge in [-0.15, -0.1) is 0 Å². The zero-order valence-electron chi connectivity index (χ0n) is 8.42. The Hall–Kier alpha value is -1.55. The van der Waals surface area contributed by atoms with Crippen molar-refractivity contribution in [2.45, 2.75) is 6.18 Å². The summed E-state index contributed by atoms with van der Waals surface area (Å²) in [5.74, 6) is 0. The molecule has 0 fully saturated rings. The molecular weight excluding hydrogens is 251 g/mol. The van der Waals surface area contributed by atoms with E-state index < -0.39 is 11.7 Å². The van der Waals surface area contributed by atoms with E-state index >= 15 is 0 Å². The first-order chi connectivity index (χ1) is 8.00. The molecule has 0 aliphatic carbocycles. The first-order valence-corrected chi connectivity index (χ1v) is 5.07. The molecule has 0 spiro atoms. The highest BCUT2D eigenvalue weighted by Gasteiger charge is 2.34. The summed E-state index contributed by atoms with van der Waals surface area (Å²) < 4.78 is 38.3. The number of alkyl halides is 3. The molecule has 1 aromatic heterocycles. The highest BCUT2D eigenvalue weighted by Crippen LogP contribution is 2.38. The molecular formula is C12H6ClF3N. The molecule has 1 aromatic carbocycles. The molecule has 1 radical (unpaired) electrons. The fourth-order valence-corrected chi connectivity index (χ4v) is 1.70. The maximum atomic E-state index is 12.8. The number of halogens is 4. The second kappa shape index (κ2) is 4.37. The second-order valence-corrected chi connectivity index (χ2v) is 3.66. The topological polar surface area (TPSA) is 12.9 Å². The average molecular weight is 257 g/mol. The minimum absolute atomic E-state index is 0.0156. The van der Waals surface area contributed by atoms with Crippen molar-refractivity contribution in [1.82, 2.24) is 4.98 Å². The van der Waals surface area contributed by atoms with Crippen LogP contribution in [0.15, 0.2) is 36.5 Å². The Labute approximate surface area is 101 Å². The van der Waals surface area contributed by atoms with Gasteiger partial charge in [0, 0.05) is 11.8 Å². The lowest BCUT2D eigenvalue weighted by Crippen LogP contribution is -2.07. The summed E-state index contributed by atoms with van der Waals surface area (Å²) in [5.41, 5.74) is -0.605. The maximum absolute atomic E-state index is 12.8. The van der Waals surface area contributed by atoms with Crippen LogP contribution in [0.25, 0.3) is 11.1 Å². The number of hydrogen-bond donors (Lipinski definition) is 0. The highest BCUT2D eigenvalue weighted by molar-refractivity contribution is 6.32. The van der Waals surface area contributed by atoms with Gasteiger partial charge in [-0.3, -0.25) is 0 Å². The van der Waals surface area contributed by atoms with E-state index in [1.807, 2.05) is 0 Å². The molecule has 5 heteroatoms. The average Bonchev–Trinajstić information content (AvgIpc) is 2.28. The van der Waals surface area contributed by atoms with Crippen LogP contribution in [0, 0.1) is 6.07 Å². The van der Waals surface area contributed by atoms with Gasteiger partial charge < -0.3 is 0 Å². The minimum atomic E-state index is -4.46. The van der Waals surface area contributed by atoms with Gasteiger partial charge in [0.1, 0.15) is 5.15 Å². The van der Waals surface area contributed by atoms with E-state index in [0.29, 0.717) is 0 Å². The van der Waals surface area contributed by atoms with E-state index in [0.717, 1.165) is 0 Å². The monoisotopic (exact) mass is 256 g/mol. The number of pyridine rings is 1. The van der Waals surface area contributed by atoms with Crippen molar-refractivity contribution in [3.63, 3.8) is 0 Å². The van der Waals surface area contributed by atoms with Crippen molar-refractivity contribution >= 4 is 11.6 Å². The number of hydrogen-bond acceptors (Lipinski definition) is 1. The largest absolute Gasteiger partial charge is 0.417 e. The van der Waals surface area contributed by atoms with Gasteiger partial charge in [-0.2, -0.15) is 13.2 Å². The van der Waals surface area contributed by atoms with Gasteiger partial charge >= 0.3 is 6.18 Å². The molecule has 1 heterocycles. The Morgan fingerprint density at radius 1 is 1.12 bits per heavy atom. The van der Waals surface area contributed by atoms with E-state index in [2.05, 4.69) is 11.1 Å². The lowest BCUT2D eigenvalue weighted by molar-refractivity contribution is -0.137. The third kappa shape index (κ3) is 2.42. The van der Waals surface area contributed by atoms with Crippen LogP contribution < -0.4 is 0 Å². The first-order valence-electron chi connectivity index (χ1n) is 4.69. The quantitative estimate of drug-likeness (QED) is 0.696. The molecule has 1 nitrogen and oxygen atoms in total. The molecule has 0 saturated heterocycles. The van der Waals surface area contributed by atoms with Gasteiger partial charge in [-0.05, 0) is 23.8 Å². The predicted octanol–water partition coefficient (Wildman–Crippen LogP) is 4.22. The second-order valence-electron chi connectivity index (χ2n) is 3.30. The van der Waals surface area contributed by atoms with E-state index in [1.54, 1.807) is 0 Å². The molecule has 0 bridgehead atoms. The van der Waals surface area contributed by atoms with Crippen LogP contribution in [0.1, 0.15) is 5.56 Å². The number of aromatic nitrogens is 1. The van der Waals surface area contributed by atoms with Crippen molar-refractivity contribution in [1.29, 1.82) is 0 Å². The first kappa shape index (κ1) is 11.9. The molecule has 2 aromatic rings. The van der Waals surface area contributed by atoms with Crippen molar-refractivity contribution in [2.75, 3.05) is 0 Å². The van der Waals surface area contributed by atoms with E-state index in [9.17, 15) is 13.2 Å². The molecule has 0 aliphatic rings. The summed E-state index contributed by atoms with van der Waals surface area (Å²) in [6.07, 6.45) is -3.04. The summed E-state index contributed by atoms with van der Waals surface area (Å²) in [5, 5.41) is 0.0394. The fraction of sp³-hybridized carbons (Fsp3) is 0.0833. The smallest absolute Gasteiger partial charge is 0.244 e. The van der Waals surface area contributed by atoms with Gasteiger partial charge in [0.15, 0.2) is 0 Å². The van der Waals surface area contributed by atoms with Crippen molar-refractivity contribution < 1.29 is 13.2 Å². The predicted molar refractivity (Wildman–Crippen MR) is 58.5 cm³/mol. The zero-order chi connectivity index (χ0) is 12.5. The molecule has 0 unspecified atom stereocenters. The Bertz CT molecular complexity index is 537. The molecule has 0 aliphatic heterocycles.